The number of anilines is 1. The van der Waals surface area contributed by atoms with Gasteiger partial charge in [-0.05, 0) is 35.7 Å². The molecule has 1 amide bonds. The summed E-state index contributed by atoms with van der Waals surface area (Å²) in [6, 6.07) is 16.1. The number of amides is 1. The summed E-state index contributed by atoms with van der Waals surface area (Å²) in [5, 5.41) is 0. The van der Waals surface area contributed by atoms with Gasteiger partial charge in [0.05, 0.1) is 0 Å². The third kappa shape index (κ3) is 2.52. The van der Waals surface area contributed by atoms with Crippen LogP contribution in [0.4, 0.5) is 5.69 Å². The third-order valence-corrected chi connectivity index (χ3v) is 3.57. The summed E-state index contributed by atoms with van der Waals surface area (Å²) in [4.78, 5) is 13.3. The Hall–Kier alpha value is -2.29. The average Bonchev–Trinajstić information content (AvgIpc) is 2.89. The van der Waals surface area contributed by atoms with Gasteiger partial charge in [-0.25, -0.2) is 0 Å². The van der Waals surface area contributed by atoms with Gasteiger partial charge < -0.3 is 9.64 Å². The van der Waals surface area contributed by atoms with E-state index in [2.05, 4.69) is 0 Å². The summed E-state index contributed by atoms with van der Waals surface area (Å²) in [5.74, 6) is 0.958. The molecular weight excluding hydrogens is 250 g/mol. The quantitative estimate of drug-likeness (QED) is 0.854. The molecule has 0 unspecified atom stereocenters. The van der Waals surface area contributed by atoms with Crippen LogP contribution in [0.25, 0.3) is 0 Å². The van der Waals surface area contributed by atoms with E-state index in [4.69, 9.17) is 4.74 Å². The maximum Gasteiger partial charge on any atom is 0.223 e. The monoisotopic (exact) mass is 267 g/mol. The minimum absolute atomic E-state index is 0.0988. The number of benzene rings is 2. The van der Waals surface area contributed by atoms with E-state index < -0.39 is 0 Å². The van der Waals surface area contributed by atoms with Gasteiger partial charge in [-0.15, -0.1) is 0 Å². The molecule has 0 aromatic heterocycles. The minimum Gasteiger partial charge on any atom is -0.489 e. The first-order valence-corrected chi connectivity index (χ1v) is 6.82. The first-order valence-electron chi connectivity index (χ1n) is 6.82. The van der Waals surface area contributed by atoms with Crippen molar-refractivity contribution in [3.05, 3.63) is 59.7 Å². The lowest BCUT2D eigenvalue weighted by Gasteiger charge is -2.15. The minimum atomic E-state index is 0.0988. The first kappa shape index (κ1) is 12.7. The molecule has 2 aromatic carbocycles. The molecule has 0 saturated carbocycles. The number of hydrogen-bond donors (Lipinski definition) is 0. The van der Waals surface area contributed by atoms with E-state index in [-0.39, 0.29) is 5.91 Å². The molecule has 0 radical (unpaired) electrons. The van der Waals surface area contributed by atoms with Gasteiger partial charge in [0.25, 0.3) is 0 Å². The van der Waals surface area contributed by atoms with Gasteiger partial charge in [0.2, 0.25) is 5.91 Å². The highest BCUT2D eigenvalue weighted by atomic mass is 16.5. The Balaban J connectivity index is 1.72. The molecule has 0 N–H and O–H groups in total. The molecule has 1 aliphatic heterocycles. The van der Waals surface area contributed by atoms with Gasteiger partial charge >= 0.3 is 0 Å². The summed E-state index contributed by atoms with van der Waals surface area (Å²) < 4.78 is 5.81. The SMILES string of the molecule is CC(=O)N1CCc2cc(OCc3ccccc3)ccc21. The lowest BCUT2D eigenvalue weighted by Crippen LogP contribution is -2.25. The van der Waals surface area contributed by atoms with Crippen LogP contribution < -0.4 is 9.64 Å². The number of carbonyl (C=O) groups is 1. The Morgan fingerprint density at radius 3 is 2.75 bits per heavy atom. The van der Waals surface area contributed by atoms with E-state index in [0.29, 0.717) is 6.61 Å². The molecule has 1 heterocycles. The van der Waals surface area contributed by atoms with E-state index >= 15 is 0 Å². The summed E-state index contributed by atoms with van der Waals surface area (Å²) in [6.45, 7) is 2.94. The fourth-order valence-electron chi connectivity index (χ4n) is 2.54. The fourth-order valence-corrected chi connectivity index (χ4v) is 2.54. The Morgan fingerprint density at radius 1 is 1.20 bits per heavy atom. The predicted molar refractivity (Wildman–Crippen MR) is 78.9 cm³/mol. The third-order valence-electron chi connectivity index (χ3n) is 3.57. The van der Waals surface area contributed by atoms with E-state index in [9.17, 15) is 4.79 Å². The Labute approximate surface area is 118 Å². The fraction of sp³-hybridized carbons (Fsp3) is 0.235. The van der Waals surface area contributed by atoms with E-state index in [1.807, 2.05) is 53.4 Å². The molecule has 20 heavy (non-hydrogen) atoms. The molecule has 0 aliphatic carbocycles. The van der Waals surface area contributed by atoms with E-state index in [0.717, 1.165) is 30.0 Å². The van der Waals surface area contributed by atoms with Gasteiger partial charge in [0.1, 0.15) is 12.4 Å². The number of rotatable bonds is 3. The molecule has 0 saturated heterocycles. The van der Waals surface area contributed by atoms with Crippen molar-refractivity contribution in [2.24, 2.45) is 0 Å². The summed E-state index contributed by atoms with van der Waals surface area (Å²) >= 11 is 0. The zero-order chi connectivity index (χ0) is 13.9. The van der Waals surface area contributed by atoms with Crippen LogP contribution in [0.15, 0.2) is 48.5 Å². The van der Waals surface area contributed by atoms with Crippen LogP contribution in [-0.4, -0.2) is 12.5 Å². The van der Waals surface area contributed by atoms with Crippen molar-refractivity contribution in [1.29, 1.82) is 0 Å². The highest BCUT2D eigenvalue weighted by Gasteiger charge is 2.22. The molecule has 3 heteroatoms. The number of carbonyl (C=O) groups excluding carboxylic acids is 1. The van der Waals surface area contributed by atoms with Crippen LogP contribution in [0.3, 0.4) is 0 Å². The molecule has 2 aromatic rings. The zero-order valence-corrected chi connectivity index (χ0v) is 11.5. The Bertz CT molecular complexity index is 622. The number of nitrogens with zero attached hydrogens (tertiary/aromatic N) is 1. The van der Waals surface area contributed by atoms with Crippen molar-refractivity contribution in [1.82, 2.24) is 0 Å². The van der Waals surface area contributed by atoms with Crippen molar-refractivity contribution in [3.8, 4) is 5.75 Å². The van der Waals surface area contributed by atoms with Gasteiger partial charge in [-0.2, -0.15) is 0 Å². The molecule has 3 nitrogen and oxygen atoms in total. The van der Waals surface area contributed by atoms with Gasteiger partial charge in [0, 0.05) is 19.2 Å². The topological polar surface area (TPSA) is 29.5 Å². The van der Waals surface area contributed by atoms with Gasteiger partial charge in [-0.3, -0.25) is 4.79 Å². The zero-order valence-electron chi connectivity index (χ0n) is 11.5. The van der Waals surface area contributed by atoms with Crippen LogP contribution in [0.2, 0.25) is 0 Å². The molecule has 0 bridgehead atoms. The van der Waals surface area contributed by atoms with Gasteiger partial charge in [-0.1, -0.05) is 30.3 Å². The number of fused-ring (bicyclic) bond motifs is 1. The van der Waals surface area contributed by atoms with Crippen LogP contribution >= 0.6 is 0 Å². The van der Waals surface area contributed by atoms with Crippen molar-refractivity contribution in [2.75, 3.05) is 11.4 Å². The first-order chi connectivity index (χ1) is 9.74. The maximum atomic E-state index is 11.5. The molecule has 1 aliphatic rings. The lowest BCUT2D eigenvalue weighted by molar-refractivity contribution is -0.116. The summed E-state index contributed by atoms with van der Waals surface area (Å²) in [6.07, 6.45) is 0.900. The molecule has 0 fully saturated rings. The second-order valence-electron chi connectivity index (χ2n) is 4.99. The van der Waals surface area contributed by atoms with Crippen LogP contribution in [0.5, 0.6) is 5.75 Å². The van der Waals surface area contributed by atoms with Crippen LogP contribution in [0, 0.1) is 0 Å². The highest BCUT2D eigenvalue weighted by Crippen LogP contribution is 2.31. The molecule has 0 spiro atoms. The molecular formula is C17H17NO2. The second kappa shape index (κ2) is 5.37. The molecule has 102 valence electrons. The smallest absolute Gasteiger partial charge is 0.223 e. The van der Waals surface area contributed by atoms with Crippen molar-refractivity contribution < 1.29 is 9.53 Å². The summed E-state index contributed by atoms with van der Waals surface area (Å²) in [5.41, 5.74) is 3.36. The second-order valence-corrected chi connectivity index (χ2v) is 4.99. The average molecular weight is 267 g/mol. The normalized spacial score (nSPS) is 13.2. The molecule has 0 atom stereocenters. The van der Waals surface area contributed by atoms with Crippen molar-refractivity contribution in [3.63, 3.8) is 0 Å². The van der Waals surface area contributed by atoms with E-state index in [1.165, 1.54) is 5.56 Å². The number of ether oxygens (including phenoxy) is 1. The Morgan fingerprint density at radius 2 is 2.00 bits per heavy atom. The standard InChI is InChI=1S/C17H17NO2/c1-13(19)18-10-9-15-11-16(7-8-17(15)18)20-12-14-5-3-2-4-6-14/h2-8,11H,9-10,12H2,1H3. The largest absolute Gasteiger partial charge is 0.489 e. The van der Waals surface area contributed by atoms with E-state index in [1.54, 1.807) is 6.92 Å². The highest BCUT2D eigenvalue weighted by molar-refractivity contribution is 5.93. The van der Waals surface area contributed by atoms with Crippen molar-refractivity contribution in [2.45, 2.75) is 20.0 Å². The predicted octanol–water partition coefficient (Wildman–Crippen LogP) is 3.17. The van der Waals surface area contributed by atoms with Crippen molar-refractivity contribution >= 4 is 11.6 Å². The summed E-state index contributed by atoms with van der Waals surface area (Å²) in [7, 11) is 0. The number of hydrogen-bond acceptors (Lipinski definition) is 2. The van der Waals surface area contributed by atoms with Crippen LogP contribution in [0.1, 0.15) is 18.1 Å². The molecule has 3 rings (SSSR count). The van der Waals surface area contributed by atoms with Gasteiger partial charge in [0.15, 0.2) is 0 Å². The lowest BCUT2D eigenvalue weighted by atomic mass is 10.1. The van der Waals surface area contributed by atoms with Crippen LogP contribution in [-0.2, 0) is 17.8 Å². The maximum absolute atomic E-state index is 11.5. The Kier molecular flexibility index (Phi) is 3.42.